The quantitative estimate of drug-likeness (QED) is 0.622. The SMILES string of the molecule is Nc1cccc(C(=O)Nc2cc(F)c(Br)cc2F)c1Cl. The van der Waals surface area contributed by atoms with Gasteiger partial charge in [0, 0.05) is 6.07 Å². The number of anilines is 2. The van der Waals surface area contributed by atoms with Gasteiger partial charge in [-0.3, -0.25) is 4.79 Å². The maximum atomic E-state index is 13.6. The second-order valence-electron chi connectivity index (χ2n) is 3.91. The van der Waals surface area contributed by atoms with E-state index < -0.39 is 17.5 Å². The Hall–Kier alpha value is -1.66. The minimum atomic E-state index is -0.772. The fourth-order valence-corrected chi connectivity index (χ4v) is 2.06. The van der Waals surface area contributed by atoms with Gasteiger partial charge in [-0.25, -0.2) is 8.78 Å². The number of halogens is 4. The van der Waals surface area contributed by atoms with Crippen LogP contribution in [0.25, 0.3) is 0 Å². The van der Waals surface area contributed by atoms with E-state index in [1.165, 1.54) is 18.2 Å². The fourth-order valence-electron chi connectivity index (χ4n) is 1.53. The third kappa shape index (κ3) is 2.91. The van der Waals surface area contributed by atoms with Gasteiger partial charge in [0.05, 0.1) is 26.4 Å². The van der Waals surface area contributed by atoms with E-state index in [9.17, 15) is 13.6 Å². The van der Waals surface area contributed by atoms with Crippen molar-refractivity contribution in [3.63, 3.8) is 0 Å². The third-order valence-electron chi connectivity index (χ3n) is 2.53. The first-order chi connectivity index (χ1) is 9.40. The maximum Gasteiger partial charge on any atom is 0.257 e. The molecule has 2 aromatic rings. The summed E-state index contributed by atoms with van der Waals surface area (Å²) in [6, 6.07) is 6.29. The zero-order valence-corrected chi connectivity index (χ0v) is 12.2. The second kappa shape index (κ2) is 5.76. The van der Waals surface area contributed by atoms with Gasteiger partial charge >= 0.3 is 0 Å². The van der Waals surface area contributed by atoms with Gasteiger partial charge in [0.2, 0.25) is 0 Å². The van der Waals surface area contributed by atoms with Crippen LogP contribution in [-0.4, -0.2) is 5.91 Å². The van der Waals surface area contributed by atoms with E-state index in [0.717, 1.165) is 12.1 Å². The van der Waals surface area contributed by atoms with Gasteiger partial charge in [-0.15, -0.1) is 0 Å². The molecule has 0 heterocycles. The van der Waals surface area contributed by atoms with E-state index in [1.54, 1.807) is 0 Å². The predicted molar refractivity (Wildman–Crippen MR) is 77.9 cm³/mol. The van der Waals surface area contributed by atoms with Crippen LogP contribution in [0.4, 0.5) is 20.2 Å². The van der Waals surface area contributed by atoms with E-state index in [4.69, 9.17) is 17.3 Å². The molecule has 2 rings (SSSR count). The molecule has 0 unspecified atom stereocenters. The van der Waals surface area contributed by atoms with Crippen molar-refractivity contribution in [2.75, 3.05) is 11.1 Å². The topological polar surface area (TPSA) is 55.1 Å². The second-order valence-corrected chi connectivity index (χ2v) is 5.14. The zero-order valence-electron chi connectivity index (χ0n) is 9.88. The standard InChI is InChI=1S/C13H8BrClF2N2O/c14-7-4-9(17)11(5-8(7)16)19-13(20)6-2-1-3-10(18)12(6)15/h1-5H,18H2,(H,19,20). The van der Waals surface area contributed by atoms with Crippen molar-refractivity contribution in [1.29, 1.82) is 0 Å². The minimum absolute atomic E-state index is 0.0324. The summed E-state index contributed by atoms with van der Waals surface area (Å²) in [5.74, 6) is -2.14. The molecule has 1 amide bonds. The number of hydrogen-bond acceptors (Lipinski definition) is 2. The van der Waals surface area contributed by atoms with Crippen LogP contribution in [-0.2, 0) is 0 Å². The van der Waals surface area contributed by atoms with Crippen molar-refractivity contribution in [2.24, 2.45) is 0 Å². The van der Waals surface area contributed by atoms with Gasteiger partial charge < -0.3 is 11.1 Å². The molecule has 0 aliphatic heterocycles. The van der Waals surface area contributed by atoms with E-state index in [2.05, 4.69) is 21.2 Å². The highest BCUT2D eigenvalue weighted by molar-refractivity contribution is 9.10. The van der Waals surface area contributed by atoms with E-state index in [0.29, 0.717) is 0 Å². The Morgan fingerprint density at radius 3 is 2.65 bits per heavy atom. The summed E-state index contributed by atoms with van der Waals surface area (Å²) in [6.07, 6.45) is 0. The van der Waals surface area contributed by atoms with Crippen LogP contribution in [0.1, 0.15) is 10.4 Å². The number of nitrogen functional groups attached to an aromatic ring is 1. The first-order valence-corrected chi connectivity index (χ1v) is 6.57. The largest absolute Gasteiger partial charge is 0.398 e. The smallest absolute Gasteiger partial charge is 0.257 e. The van der Waals surface area contributed by atoms with Crippen molar-refractivity contribution in [3.8, 4) is 0 Å². The number of benzene rings is 2. The molecule has 3 nitrogen and oxygen atoms in total. The first kappa shape index (κ1) is 14.7. The lowest BCUT2D eigenvalue weighted by atomic mass is 10.2. The lowest BCUT2D eigenvalue weighted by Crippen LogP contribution is -2.14. The number of carbonyl (C=O) groups is 1. The molecule has 0 aliphatic carbocycles. The molecule has 104 valence electrons. The fraction of sp³-hybridized carbons (Fsp3) is 0. The van der Waals surface area contributed by atoms with Crippen LogP contribution < -0.4 is 11.1 Å². The summed E-state index contributed by atoms with van der Waals surface area (Å²) in [5.41, 5.74) is 5.59. The average Bonchev–Trinajstić information content (AvgIpc) is 2.39. The molecule has 0 aliphatic rings. The number of carbonyl (C=O) groups excluding carboxylic acids is 1. The molecule has 0 atom stereocenters. The van der Waals surface area contributed by atoms with Crippen LogP contribution in [0.3, 0.4) is 0 Å². The minimum Gasteiger partial charge on any atom is -0.398 e. The van der Waals surface area contributed by atoms with Crippen molar-refractivity contribution in [2.45, 2.75) is 0 Å². The number of rotatable bonds is 2. The highest BCUT2D eigenvalue weighted by atomic mass is 79.9. The molecule has 2 aromatic carbocycles. The Bertz CT molecular complexity index is 694. The van der Waals surface area contributed by atoms with Gasteiger partial charge in [0.15, 0.2) is 0 Å². The van der Waals surface area contributed by atoms with Gasteiger partial charge in [-0.2, -0.15) is 0 Å². The lowest BCUT2D eigenvalue weighted by Gasteiger charge is -2.09. The van der Waals surface area contributed by atoms with Crippen LogP contribution in [0.5, 0.6) is 0 Å². The monoisotopic (exact) mass is 360 g/mol. The Kier molecular flexibility index (Phi) is 4.25. The van der Waals surface area contributed by atoms with E-state index >= 15 is 0 Å². The maximum absolute atomic E-state index is 13.6. The van der Waals surface area contributed by atoms with Gasteiger partial charge in [-0.05, 0) is 34.1 Å². The Balaban J connectivity index is 2.33. The van der Waals surface area contributed by atoms with Crippen molar-refractivity contribution < 1.29 is 13.6 Å². The van der Waals surface area contributed by atoms with Crippen LogP contribution in [0, 0.1) is 11.6 Å². The third-order valence-corrected chi connectivity index (χ3v) is 3.56. The highest BCUT2D eigenvalue weighted by Gasteiger charge is 2.15. The molecule has 0 aromatic heterocycles. The Morgan fingerprint density at radius 2 is 1.95 bits per heavy atom. The van der Waals surface area contributed by atoms with Gasteiger partial charge in [-0.1, -0.05) is 17.7 Å². The van der Waals surface area contributed by atoms with Gasteiger partial charge in [0.1, 0.15) is 11.6 Å². The summed E-state index contributed by atoms with van der Waals surface area (Å²) in [7, 11) is 0. The highest BCUT2D eigenvalue weighted by Crippen LogP contribution is 2.26. The van der Waals surface area contributed by atoms with Crippen molar-refractivity contribution in [1.82, 2.24) is 0 Å². The molecule has 0 saturated carbocycles. The summed E-state index contributed by atoms with van der Waals surface area (Å²) in [5, 5.41) is 2.31. The Morgan fingerprint density at radius 1 is 1.25 bits per heavy atom. The summed E-state index contributed by atoms with van der Waals surface area (Å²) < 4.78 is 26.9. The summed E-state index contributed by atoms with van der Waals surface area (Å²) >= 11 is 8.74. The molecule has 0 fully saturated rings. The van der Waals surface area contributed by atoms with E-state index in [1.807, 2.05) is 0 Å². The molecule has 0 radical (unpaired) electrons. The molecule has 0 bridgehead atoms. The normalized spacial score (nSPS) is 10.4. The molecule has 0 saturated heterocycles. The predicted octanol–water partition coefficient (Wildman–Crippen LogP) is 4.22. The van der Waals surface area contributed by atoms with Crippen LogP contribution in [0.15, 0.2) is 34.8 Å². The molecule has 0 spiro atoms. The molecule has 7 heteroatoms. The number of hydrogen-bond donors (Lipinski definition) is 2. The van der Waals surface area contributed by atoms with Crippen molar-refractivity contribution >= 4 is 44.8 Å². The number of nitrogens with one attached hydrogen (secondary N) is 1. The van der Waals surface area contributed by atoms with Crippen LogP contribution >= 0.6 is 27.5 Å². The van der Waals surface area contributed by atoms with Gasteiger partial charge in [0.25, 0.3) is 5.91 Å². The molecular formula is C13H8BrClF2N2O. The molecule has 20 heavy (non-hydrogen) atoms. The summed E-state index contributed by atoms with van der Waals surface area (Å²) in [6.45, 7) is 0. The molecular weight excluding hydrogens is 354 g/mol. The average molecular weight is 362 g/mol. The molecule has 3 N–H and O–H groups in total. The van der Waals surface area contributed by atoms with Crippen molar-refractivity contribution in [3.05, 3.63) is 57.0 Å². The Labute approximate surface area is 126 Å². The van der Waals surface area contributed by atoms with E-state index in [-0.39, 0.29) is 26.4 Å². The lowest BCUT2D eigenvalue weighted by molar-refractivity contribution is 0.102. The zero-order chi connectivity index (χ0) is 14.9. The van der Waals surface area contributed by atoms with Crippen LogP contribution in [0.2, 0.25) is 5.02 Å². The number of nitrogens with two attached hydrogens (primary N) is 1. The summed E-state index contributed by atoms with van der Waals surface area (Å²) in [4.78, 5) is 12.0. The first-order valence-electron chi connectivity index (χ1n) is 5.40. The number of amides is 1.